The zero-order chi connectivity index (χ0) is 16.0. The molecule has 0 unspecified atom stereocenters. The number of aliphatic carboxylic acids is 1. The van der Waals surface area contributed by atoms with Crippen LogP contribution in [0.15, 0.2) is 0 Å². The van der Waals surface area contributed by atoms with Crippen LogP contribution in [0, 0.1) is 5.92 Å². The molecule has 0 saturated heterocycles. The van der Waals surface area contributed by atoms with Gasteiger partial charge in [-0.3, -0.25) is 4.79 Å². The zero-order valence-corrected chi connectivity index (χ0v) is 13.1. The van der Waals surface area contributed by atoms with E-state index in [1.54, 1.807) is 0 Å². The van der Waals surface area contributed by atoms with E-state index in [1.165, 1.54) is 0 Å². The number of carbonyl (C=O) groups excluding carboxylic acids is 1. The number of carboxylic acid groups (broad SMARTS) is 1. The maximum Gasteiger partial charge on any atom is 0.315 e. The average Bonchev–Trinajstić information content (AvgIpc) is 2.71. The van der Waals surface area contributed by atoms with Crippen LogP contribution in [-0.4, -0.2) is 40.4 Å². The maximum absolute atomic E-state index is 11.9. The van der Waals surface area contributed by atoms with Gasteiger partial charge in [-0.25, -0.2) is 4.79 Å². The van der Waals surface area contributed by atoms with Gasteiger partial charge in [0, 0.05) is 12.6 Å². The molecule has 22 heavy (non-hydrogen) atoms. The zero-order valence-electron chi connectivity index (χ0n) is 13.1. The van der Waals surface area contributed by atoms with Gasteiger partial charge in [0.1, 0.15) is 0 Å². The summed E-state index contributed by atoms with van der Waals surface area (Å²) < 4.78 is 0. The van der Waals surface area contributed by atoms with Gasteiger partial charge in [-0.15, -0.1) is 0 Å². The Morgan fingerprint density at radius 1 is 1.00 bits per heavy atom. The van der Waals surface area contributed by atoms with E-state index in [-0.39, 0.29) is 18.0 Å². The lowest BCUT2D eigenvalue weighted by atomic mass is 9.86. The third-order valence-electron chi connectivity index (χ3n) is 5.02. The van der Waals surface area contributed by atoms with Gasteiger partial charge in [-0.1, -0.05) is 25.7 Å². The first-order valence-corrected chi connectivity index (χ1v) is 8.48. The molecule has 126 valence electrons. The normalized spacial score (nSPS) is 28.4. The summed E-state index contributed by atoms with van der Waals surface area (Å²) in [6.45, 7) is 0.295. The molecule has 4 N–H and O–H groups in total. The highest BCUT2D eigenvalue weighted by Gasteiger charge is 2.30. The fourth-order valence-electron chi connectivity index (χ4n) is 3.53. The minimum absolute atomic E-state index is 0.0411. The Bertz CT molecular complexity index is 384. The fourth-order valence-corrected chi connectivity index (χ4v) is 3.53. The maximum atomic E-state index is 11.9. The van der Waals surface area contributed by atoms with Crippen LogP contribution in [0.2, 0.25) is 0 Å². The van der Waals surface area contributed by atoms with Crippen LogP contribution in [0.25, 0.3) is 0 Å². The second kappa shape index (κ2) is 7.81. The summed E-state index contributed by atoms with van der Waals surface area (Å²) in [6, 6.07) is -0.212. The van der Waals surface area contributed by atoms with Crippen LogP contribution in [-0.2, 0) is 4.79 Å². The van der Waals surface area contributed by atoms with Gasteiger partial charge in [0.05, 0.1) is 11.5 Å². The topological polar surface area (TPSA) is 98.7 Å². The largest absolute Gasteiger partial charge is 0.481 e. The summed E-state index contributed by atoms with van der Waals surface area (Å²) in [6.07, 6.45) is 8.46. The van der Waals surface area contributed by atoms with Crippen molar-refractivity contribution in [2.75, 3.05) is 6.54 Å². The highest BCUT2D eigenvalue weighted by atomic mass is 16.4. The third-order valence-corrected chi connectivity index (χ3v) is 5.02. The van der Waals surface area contributed by atoms with Crippen LogP contribution in [0.4, 0.5) is 4.79 Å². The molecule has 0 spiro atoms. The molecular weight excluding hydrogens is 284 g/mol. The van der Waals surface area contributed by atoms with Crippen LogP contribution >= 0.6 is 0 Å². The summed E-state index contributed by atoms with van der Waals surface area (Å²) in [4.78, 5) is 22.8. The van der Waals surface area contributed by atoms with Gasteiger partial charge in [0.15, 0.2) is 0 Å². The standard InChI is InChI=1S/C16H28N2O4/c19-14(20)12-5-7-13(8-6-12)18-15(21)17-11-16(22)9-3-1-2-4-10-16/h12-13,22H,1-11H2,(H,19,20)(H2,17,18,21). The molecule has 0 bridgehead atoms. The predicted molar refractivity (Wildman–Crippen MR) is 82.6 cm³/mol. The molecule has 0 aliphatic heterocycles. The monoisotopic (exact) mass is 312 g/mol. The summed E-state index contributed by atoms with van der Waals surface area (Å²) >= 11 is 0. The van der Waals surface area contributed by atoms with Crippen molar-refractivity contribution in [1.82, 2.24) is 10.6 Å². The van der Waals surface area contributed by atoms with Gasteiger partial charge < -0.3 is 20.8 Å². The predicted octanol–water partition coefficient (Wildman–Crippen LogP) is 2.01. The SMILES string of the molecule is O=C(NCC1(O)CCCCCC1)NC1CCC(C(=O)O)CC1. The molecule has 6 heteroatoms. The van der Waals surface area contributed by atoms with Gasteiger partial charge in [-0.05, 0) is 38.5 Å². The Hall–Kier alpha value is -1.30. The minimum Gasteiger partial charge on any atom is -0.481 e. The quantitative estimate of drug-likeness (QED) is 0.597. The lowest BCUT2D eigenvalue weighted by molar-refractivity contribution is -0.142. The summed E-state index contributed by atoms with van der Waals surface area (Å²) in [5, 5.41) is 25.1. The van der Waals surface area contributed by atoms with Crippen molar-refractivity contribution in [3.05, 3.63) is 0 Å². The molecule has 0 aromatic heterocycles. The minimum atomic E-state index is -0.769. The highest BCUT2D eigenvalue weighted by Crippen LogP contribution is 2.26. The number of rotatable bonds is 4. The van der Waals surface area contributed by atoms with E-state index in [0.717, 1.165) is 38.5 Å². The number of nitrogens with one attached hydrogen (secondary N) is 2. The number of hydrogen-bond acceptors (Lipinski definition) is 3. The number of carboxylic acids is 1. The molecule has 2 rings (SSSR count). The Morgan fingerprint density at radius 2 is 1.59 bits per heavy atom. The number of aliphatic hydroxyl groups is 1. The van der Waals surface area contributed by atoms with Crippen LogP contribution in [0.1, 0.15) is 64.2 Å². The lowest BCUT2D eigenvalue weighted by Gasteiger charge is -2.29. The van der Waals surface area contributed by atoms with Gasteiger partial charge in [0.25, 0.3) is 0 Å². The second-order valence-corrected chi connectivity index (χ2v) is 6.85. The van der Waals surface area contributed by atoms with E-state index < -0.39 is 11.6 Å². The van der Waals surface area contributed by atoms with Crippen molar-refractivity contribution in [3.63, 3.8) is 0 Å². The molecule has 2 saturated carbocycles. The molecule has 2 aliphatic carbocycles. The summed E-state index contributed by atoms with van der Waals surface area (Å²) in [5.74, 6) is -1.01. The van der Waals surface area contributed by atoms with Crippen molar-refractivity contribution >= 4 is 12.0 Å². The van der Waals surface area contributed by atoms with Crippen LogP contribution in [0.3, 0.4) is 0 Å². The van der Waals surface area contributed by atoms with Crippen molar-refractivity contribution in [3.8, 4) is 0 Å². The number of hydrogen-bond donors (Lipinski definition) is 4. The fraction of sp³-hybridized carbons (Fsp3) is 0.875. The van der Waals surface area contributed by atoms with Crippen molar-refractivity contribution in [2.45, 2.75) is 75.9 Å². The second-order valence-electron chi connectivity index (χ2n) is 6.85. The van der Waals surface area contributed by atoms with E-state index in [2.05, 4.69) is 10.6 Å². The van der Waals surface area contributed by atoms with Crippen molar-refractivity contribution < 1.29 is 19.8 Å². The first-order chi connectivity index (χ1) is 10.5. The van der Waals surface area contributed by atoms with E-state index in [1.807, 2.05) is 0 Å². The molecule has 0 aromatic carbocycles. The Balaban J connectivity index is 1.68. The van der Waals surface area contributed by atoms with Gasteiger partial charge >= 0.3 is 12.0 Å². The smallest absolute Gasteiger partial charge is 0.315 e. The van der Waals surface area contributed by atoms with E-state index in [9.17, 15) is 14.7 Å². The molecule has 6 nitrogen and oxygen atoms in total. The van der Waals surface area contributed by atoms with Crippen molar-refractivity contribution in [2.24, 2.45) is 5.92 Å². The van der Waals surface area contributed by atoms with Gasteiger partial charge in [-0.2, -0.15) is 0 Å². The Morgan fingerprint density at radius 3 is 2.14 bits per heavy atom. The number of amides is 2. The third kappa shape index (κ3) is 5.16. The Labute approximate surface area is 131 Å². The van der Waals surface area contributed by atoms with E-state index >= 15 is 0 Å². The summed E-state index contributed by atoms with van der Waals surface area (Å²) in [7, 11) is 0. The number of urea groups is 1. The molecular formula is C16H28N2O4. The molecule has 0 radical (unpaired) electrons. The van der Waals surface area contributed by atoms with Crippen molar-refractivity contribution in [1.29, 1.82) is 0 Å². The highest BCUT2D eigenvalue weighted by molar-refractivity contribution is 5.74. The Kier molecular flexibility index (Phi) is 6.06. The summed E-state index contributed by atoms with van der Waals surface area (Å²) in [5.41, 5.74) is -0.769. The molecule has 0 atom stereocenters. The first-order valence-electron chi connectivity index (χ1n) is 8.48. The van der Waals surface area contributed by atoms with E-state index in [4.69, 9.17) is 5.11 Å². The number of carbonyl (C=O) groups is 2. The van der Waals surface area contributed by atoms with Gasteiger partial charge in [0.2, 0.25) is 0 Å². The molecule has 2 amide bonds. The molecule has 0 aromatic rings. The van der Waals surface area contributed by atoms with Crippen LogP contribution < -0.4 is 10.6 Å². The first kappa shape index (κ1) is 17.1. The molecule has 0 heterocycles. The van der Waals surface area contributed by atoms with Crippen LogP contribution in [0.5, 0.6) is 0 Å². The molecule has 2 fully saturated rings. The molecule has 2 aliphatic rings. The van der Waals surface area contributed by atoms with E-state index in [0.29, 0.717) is 32.2 Å². The average molecular weight is 312 g/mol. The lowest BCUT2D eigenvalue weighted by Crippen LogP contribution is -2.49.